The number of aromatic nitrogens is 3. The van der Waals surface area contributed by atoms with Crippen molar-refractivity contribution >= 4 is 23.4 Å². The van der Waals surface area contributed by atoms with Crippen LogP contribution in [0.2, 0.25) is 0 Å². The third kappa shape index (κ3) is 5.76. The molecule has 1 heterocycles. The fourth-order valence-electron chi connectivity index (χ4n) is 3.10. The maximum Gasteiger partial charge on any atom is 0.234 e. The number of hydrogen-bond acceptors (Lipinski definition) is 5. The van der Waals surface area contributed by atoms with E-state index in [4.69, 9.17) is 4.74 Å². The zero-order valence-corrected chi connectivity index (χ0v) is 19.0. The zero-order valence-electron chi connectivity index (χ0n) is 18.2. The van der Waals surface area contributed by atoms with Crippen LogP contribution >= 0.6 is 11.8 Å². The molecule has 0 unspecified atom stereocenters. The summed E-state index contributed by atoms with van der Waals surface area (Å²) in [7, 11) is 0. The highest BCUT2D eigenvalue weighted by atomic mass is 32.2. The van der Waals surface area contributed by atoms with Gasteiger partial charge in [0.05, 0.1) is 17.9 Å². The first kappa shape index (κ1) is 22.6. The molecule has 0 fully saturated rings. The molecule has 0 spiro atoms. The largest absolute Gasteiger partial charge is 0.493 e. The molecule has 0 saturated heterocycles. The van der Waals surface area contributed by atoms with Crippen molar-refractivity contribution in [2.45, 2.75) is 38.4 Å². The summed E-state index contributed by atoms with van der Waals surface area (Å²) in [6.07, 6.45) is 1.79. The summed E-state index contributed by atoms with van der Waals surface area (Å²) < 4.78 is 7.69. The Labute approximate surface area is 187 Å². The molecule has 162 valence electrons. The third-order valence-electron chi connectivity index (χ3n) is 4.65. The molecule has 31 heavy (non-hydrogen) atoms. The monoisotopic (exact) mass is 436 g/mol. The summed E-state index contributed by atoms with van der Waals surface area (Å²) >= 11 is 1.35. The van der Waals surface area contributed by atoms with Crippen LogP contribution in [-0.2, 0) is 11.3 Å². The van der Waals surface area contributed by atoms with Crippen LogP contribution in [0.1, 0.15) is 32.3 Å². The van der Waals surface area contributed by atoms with E-state index in [0.29, 0.717) is 30.1 Å². The SMILES string of the molecule is C=CCn1c(SCC(=O)Nc2ccc(C(C)C)cc2)nnc1-c1ccccc1OCC. The highest BCUT2D eigenvalue weighted by Gasteiger charge is 2.18. The van der Waals surface area contributed by atoms with Gasteiger partial charge in [-0.2, -0.15) is 0 Å². The average molecular weight is 437 g/mol. The van der Waals surface area contributed by atoms with Crippen LogP contribution in [0.15, 0.2) is 66.3 Å². The van der Waals surface area contributed by atoms with E-state index in [9.17, 15) is 4.79 Å². The number of benzene rings is 2. The number of para-hydroxylation sites is 1. The van der Waals surface area contributed by atoms with Crippen molar-refractivity contribution in [3.63, 3.8) is 0 Å². The Morgan fingerprint density at radius 3 is 2.61 bits per heavy atom. The topological polar surface area (TPSA) is 69.0 Å². The Kier molecular flexibility index (Phi) is 7.89. The number of rotatable bonds is 10. The van der Waals surface area contributed by atoms with Gasteiger partial charge >= 0.3 is 0 Å². The molecule has 6 nitrogen and oxygen atoms in total. The zero-order chi connectivity index (χ0) is 22.2. The smallest absolute Gasteiger partial charge is 0.234 e. The quantitative estimate of drug-likeness (QED) is 0.341. The van der Waals surface area contributed by atoms with Gasteiger partial charge in [-0.1, -0.05) is 56.0 Å². The fourth-order valence-corrected chi connectivity index (χ4v) is 3.85. The minimum absolute atomic E-state index is 0.0910. The molecular formula is C24H28N4O2S. The van der Waals surface area contributed by atoms with E-state index in [-0.39, 0.29) is 11.7 Å². The third-order valence-corrected chi connectivity index (χ3v) is 5.62. The van der Waals surface area contributed by atoms with Gasteiger partial charge in [0.1, 0.15) is 5.75 Å². The van der Waals surface area contributed by atoms with Crippen LogP contribution in [0.3, 0.4) is 0 Å². The molecule has 0 aliphatic carbocycles. The number of amides is 1. The van der Waals surface area contributed by atoms with Gasteiger partial charge in [-0.25, -0.2) is 0 Å². The van der Waals surface area contributed by atoms with E-state index in [2.05, 4.69) is 35.9 Å². The van der Waals surface area contributed by atoms with E-state index in [1.54, 1.807) is 6.08 Å². The molecule has 1 N–H and O–H groups in total. The maximum absolute atomic E-state index is 12.5. The molecule has 7 heteroatoms. The van der Waals surface area contributed by atoms with Crippen molar-refractivity contribution in [3.8, 4) is 17.1 Å². The molecular weight excluding hydrogens is 408 g/mol. The van der Waals surface area contributed by atoms with E-state index in [1.807, 2.05) is 60.0 Å². The Morgan fingerprint density at radius 2 is 1.94 bits per heavy atom. The number of nitrogens with zero attached hydrogens (tertiary/aromatic N) is 3. The van der Waals surface area contributed by atoms with Gasteiger partial charge in [0.2, 0.25) is 5.91 Å². The van der Waals surface area contributed by atoms with Crippen LogP contribution < -0.4 is 10.1 Å². The fraction of sp³-hybridized carbons (Fsp3) is 0.292. The molecule has 0 saturated carbocycles. The summed E-state index contributed by atoms with van der Waals surface area (Å²) in [5.41, 5.74) is 2.89. The highest BCUT2D eigenvalue weighted by molar-refractivity contribution is 7.99. The van der Waals surface area contributed by atoms with Crippen LogP contribution in [0.4, 0.5) is 5.69 Å². The van der Waals surface area contributed by atoms with Gasteiger partial charge < -0.3 is 10.1 Å². The van der Waals surface area contributed by atoms with Gasteiger partial charge in [0.15, 0.2) is 11.0 Å². The number of hydrogen-bond donors (Lipinski definition) is 1. The summed E-state index contributed by atoms with van der Waals surface area (Å²) in [6.45, 7) is 11.2. The van der Waals surface area contributed by atoms with E-state index in [1.165, 1.54) is 17.3 Å². The van der Waals surface area contributed by atoms with Crippen molar-refractivity contribution < 1.29 is 9.53 Å². The lowest BCUT2D eigenvalue weighted by Crippen LogP contribution is -2.14. The Morgan fingerprint density at radius 1 is 1.19 bits per heavy atom. The lowest BCUT2D eigenvalue weighted by atomic mass is 10.0. The second kappa shape index (κ2) is 10.8. The van der Waals surface area contributed by atoms with Crippen LogP contribution in [0, 0.1) is 0 Å². The first-order chi connectivity index (χ1) is 15.0. The number of carbonyl (C=O) groups excluding carboxylic acids is 1. The predicted octanol–water partition coefficient (Wildman–Crippen LogP) is 5.38. The number of carbonyl (C=O) groups is 1. The van der Waals surface area contributed by atoms with Gasteiger partial charge in [-0.05, 0) is 42.7 Å². The second-order valence-corrected chi connectivity index (χ2v) is 8.19. The van der Waals surface area contributed by atoms with Crippen molar-refractivity contribution in [2.75, 3.05) is 17.7 Å². The maximum atomic E-state index is 12.5. The van der Waals surface area contributed by atoms with Crippen molar-refractivity contribution in [1.29, 1.82) is 0 Å². The van der Waals surface area contributed by atoms with Crippen molar-refractivity contribution in [1.82, 2.24) is 14.8 Å². The molecule has 1 amide bonds. The molecule has 2 aromatic carbocycles. The van der Waals surface area contributed by atoms with Crippen LogP contribution in [-0.4, -0.2) is 33.0 Å². The molecule has 0 bridgehead atoms. The van der Waals surface area contributed by atoms with Gasteiger partial charge in [0, 0.05) is 12.2 Å². The normalized spacial score (nSPS) is 10.8. The standard InChI is InChI=1S/C24H28N4O2S/c1-5-15-28-23(20-9-7-8-10-21(20)30-6-2)26-27-24(28)31-16-22(29)25-19-13-11-18(12-14-19)17(3)4/h5,7-14,17H,1,6,15-16H2,2-4H3,(H,25,29). The minimum atomic E-state index is -0.0910. The van der Waals surface area contributed by atoms with E-state index in [0.717, 1.165) is 17.0 Å². The number of ether oxygens (including phenoxy) is 1. The average Bonchev–Trinajstić information content (AvgIpc) is 3.16. The van der Waals surface area contributed by atoms with Crippen LogP contribution in [0.25, 0.3) is 11.4 Å². The molecule has 0 aliphatic heterocycles. The molecule has 3 aromatic rings. The van der Waals surface area contributed by atoms with E-state index < -0.39 is 0 Å². The van der Waals surface area contributed by atoms with Crippen molar-refractivity contribution in [2.24, 2.45) is 0 Å². The lowest BCUT2D eigenvalue weighted by molar-refractivity contribution is -0.113. The molecule has 0 atom stereocenters. The highest BCUT2D eigenvalue weighted by Crippen LogP contribution is 2.31. The predicted molar refractivity (Wildman–Crippen MR) is 127 cm³/mol. The summed E-state index contributed by atoms with van der Waals surface area (Å²) in [4.78, 5) is 12.5. The molecule has 3 rings (SSSR count). The Bertz CT molecular complexity index is 1030. The summed E-state index contributed by atoms with van der Waals surface area (Å²) in [6, 6.07) is 15.7. The van der Waals surface area contributed by atoms with E-state index >= 15 is 0 Å². The van der Waals surface area contributed by atoms with Crippen LogP contribution in [0.5, 0.6) is 5.75 Å². The summed E-state index contributed by atoms with van der Waals surface area (Å²) in [5.74, 6) is 2.04. The number of thioether (sulfide) groups is 1. The Balaban J connectivity index is 1.72. The lowest BCUT2D eigenvalue weighted by Gasteiger charge is -2.12. The van der Waals surface area contributed by atoms with Crippen molar-refractivity contribution in [3.05, 3.63) is 66.7 Å². The van der Waals surface area contributed by atoms with Gasteiger partial charge in [-0.3, -0.25) is 9.36 Å². The number of allylic oxidation sites excluding steroid dienone is 1. The molecule has 0 aliphatic rings. The number of anilines is 1. The second-order valence-electron chi connectivity index (χ2n) is 7.25. The molecule has 0 radical (unpaired) electrons. The molecule has 1 aromatic heterocycles. The van der Waals surface area contributed by atoms with Gasteiger partial charge in [-0.15, -0.1) is 16.8 Å². The first-order valence-corrected chi connectivity index (χ1v) is 11.3. The summed E-state index contributed by atoms with van der Waals surface area (Å²) in [5, 5.41) is 12.3. The van der Waals surface area contributed by atoms with Gasteiger partial charge in [0.25, 0.3) is 0 Å². The Hall–Kier alpha value is -3.06. The minimum Gasteiger partial charge on any atom is -0.493 e. The number of nitrogens with one attached hydrogen (secondary N) is 1. The first-order valence-electron chi connectivity index (χ1n) is 10.3.